The molecule has 1 aliphatic heterocycles. The highest BCUT2D eigenvalue weighted by atomic mass is 35.5. The van der Waals surface area contributed by atoms with Crippen molar-refractivity contribution in [3.63, 3.8) is 0 Å². The number of fused-ring (bicyclic) bond motifs is 1. The van der Waals surface area contributed by atoms with Crippen LogP contribution in [0.4, 0.5) is 5.69 Å². The third-order valence-electron chi connectivity index (χ3n) is 4.55. The highest BCUT2D eigenvalue weighted by Crippen LogP contribution is 2.39. The Labute approximate surface area is 154 Å². The fourth-order valence-corrected chi connectivity index (χ4v) is 3.17. The molecule has 1 aromatic carbocycles. The summed E-state index contributed by atoms with van der Waals surface area (Å²) in [7, 11) is 0. The monoisotopic (exact) mass is 359 g/mol. The Balaban J connectivity index is 2.12. The first-order valence-corrected chi connectivity index (χ1v) is 8.95. The lowest BCUT2D eigenvalue weighted by atomic mass is 9.79. The molecule has 1 aliphatic carbocycles. The van der Waals surface area contributed by atoms with E-state index in [0.717, 1.165) is 16.8 Å². The van der Waals surface area contributed by atoms with Gasteiger partial charge >= 0.3 is 0 Å². The van der Waals surface area contributed by atoms with Crippen LogP contribution in [-0.4, -0.2) is 16.9 Å². The Morgan fingerprint density at radius 3 is 2.40 bits per heavy atom. The molecule has 0 bridgehead atoms. The SMILES string of the molecule is CC(C)(C)c1cc([NH+]2N=C3C=C(Cl)C=CC3[N-]2)c(O)c(C(C)(C)C)c1. The van der Waals surface area contributed by atoms with E-state index in [9.17, 15) is 5.11 Å². The fourth-order valence-electron chi connectivity index (χ4n) is 2.99. The van der Waals surface area contributed by atoms with Crippen LogP contribution < -0.4 is 5.12 Å². The van der Waals surface area contributed by atoms with E-state index in [2.05, 4.69) is 58.1 Å². The second kappa shape index (κ2) is 5.97. The average molecular weight is 360 g/mol. The van der Waals surface area contributed by atoms with E-state index in [1.807, 2.05) is 24.3 Å². The van der Waals surface area contributed by atoms with Gasteiger partial charge in [-0.2, -0.15) is 0 Å². The van der Waals surface area contributed by atoms with Gasteiger partial charge in [0.05, 0.1) is 5.71 Å². The van der Waals surface area contributed by atoms with Crippen LogP contribution in [0, 0.1) is 0 Å². The number of phenolic OH excluding ortho intramolecular Hbond substituents is 1. The lowest BCUT2D eigenvalue weighted by Crippen LogP contribution is -2.96. The Morgan fingerprint density at radius 2 is 1.80 bits per heavy atom. The molecule has 2 N–H and O–H groups in total. The van der Waals surface area contributed by atoms with Crippen LogP contribution in [0.15, 0.2) is 40.5 Å². The molecule has 1 aromatic rings. The Kier molecular flexibility index (Phi) is 4.34. The summed E-state index contributed by atoms with van der Waals surface area (Å²) in [6.07, 6.45) is 5.60. The summed E-state index contributed by atoms with van der Waals surface area (Å²) in [6, 6.07) is 4.00. The smallest absolute Gasteiger partial charge is 0.190 e. The van der Waals surface area contributed by atoms with Crippen molar-refractivity contribution in [3.8, 4) is 5.75 Å². The first-order valence-electron chi connectivity index (χ1n) is 8.57. The molecule has 4 nitrogen and oxygen atoms in total. The van der Waals surface area contributed by atoms with Crippen LogP contribution in [0.5, 0.6) is 5.75 Å². The van der Waals surface area contributed by atoms with Gasteiger partial charge in [-0.05, 0) is 34.6 Å². The fraction of sp³-hybridized carbons (Fsp3) is 0.450. The van der Waals surface area contributed by atoms with E-state index in [0.29, 0.717) is 15.8 Å². The van der Waals surface area contributed by atoms with E-state index in [1.54, 1.807) is 0 Å². The molecule has 134 valence electrons. The van der Waals surface area contributed by atoms with Gasteiger partial charge in [-0.15, -0.1) is 0 Å². The maximum Gasteiger partial charge on any atom is 0.190 e. The normalized spacial score (nSPS) is 23.3. The summed E-state index contributed by atoms with van der Waals surface area (Å²) in [4.78, 5) is 0. The summed E-state index contributed by atoms with van der Waals surface area (Å²) in [5, 5.41) is 16.8. The number of allylic oxidation sites excluding steroid dienone is 2. The van der Waals surface area contributed by atoms with Gasteiger partial charge in [0.2, 0.25) is 0 Å². The van der Waals surface area contributed by atoms with Gasteiger partial charge in [-0.25, -0.2) is 5.12 Å². The summed E-state index contributed by atoms with van der Waals surface area (Å²) in [5.41, 5.74) is 8.05. The van der Waals surface area contributed by atoms with Crippen molar-refractivity contribution in [2.75, 3.05) is 0 Å². The van der Waals surface area contributed by atoms with Crippen LogP contribution in [-0.2, 0) is 10.8 Å². The van der Waals surface area contributed by atoms with Gasteiger partial charge in [0.15, 0.2) is 11.4 Å². The van der Waals surface area contributed by atoms with E-state index in [4.69, 9.17) is 11.6 Å². The molecule has 0 spiro atoms. The standard InChI is InChI=1S/C20H26ClN3O/c1-19(2,3)12-9-14(20(4,5)6)18(25)17(10-12)24-22-15-8-7-13(21)11-16(15)23-24/h7-11,15,24-25H,1-6H3. The predicted octanol–water partition coefficient (Wildman–Crippen LogP) is 4.22. The summed E-state index contributed by atoms with van der Waals surface area (Å²) in [5.74, 6) is 0.265. The highest BCUT2D eigenvalue weighted by Gasteiger charge is 2.30. The zero-order valence-corrected chi connectivity index (χ0v) is 16.4. The molecule has 0 saturated carbocycles. The molecule has 0 saturated heterocycles. The zero-order valence-electron chi connectivity index (χ0n) is 15.7. The van der Waals surface area contributed by atoms with Crippen molar-refractivity contribution in [1.29, 1.82) is 0 Å². The number of quaternary nitrogens is 1. The van der Waals surface area contributed by atoms with Crippen molar-refractivity contribution in [2.24, 2.45) is 5.10 Å². The maximum atomic E-state index is 11.0. The number of halogens is 1. The van der Waals surface area contributed by atoms with Crippen LogP contribution in [0.3, 0.4) is 0 Å². The van der Waals surface area contributed by atoms with Crippen molar-refractivity contribution < 1.29 is 10.2 Å². The van der Waals surface area contributed by atoms with Gasteiger partial charge in [0.1, 0.15) is 0 Å². The number of benzene rings is 1. The average Bonchev–Trinajstić information content (AvgIpc) is 2.87. The molecule has 0 fully saturated rings. The molecule has 25 heavy (non-hydrogen) atoms. The molecular weight excluding hydrogens is 334 g/mol. The van der Waals surface area contributed by atoms with Crippen molar-refractivity contribution in [3.05, 3.63) is 51.9 Å². The minimum Gasteiger partial charge on any atom is -0.502 e. The first kappa shape index (κ1) is 18.2. The van der Waals surface area contributed by atoms with Crippen LogP contribution in [0.1, 0.15) is 52.7 Å². The number of hydrogen-bond acceptors (Lipinski definition) is 2. The Bertz CT molecular complexity index is 794. The van der Waals surface area contributed by atoms with Crippen molar-refractivity contribution in [2.45, 2.75) is 58.4 Å². The van der Waals surface area contributed by atoms with Crippen LogP contribution >= 0.6 is 11.6 Å². The predicted molar refractivity (Wildman–Crippen MR) is 104 cm³/mol. The number of aromatic hydroxyl groups is 1. The quantitative estimate of drug-likeness (QED) is 0.724. The topological polar surface area (TPSA) is 51.1 Å². The van der Waals surface area contributed by atoms with Gasteiger partial charge in [-0.1, -0.05) is 70.4 Å². The van der Waals surface area contributed by atoms with Crippen molar-refractivity contribution in [1.82, 2.24) is 0 Å². The molecule has 3 rings (SSSR count). The lowest BCUT2D eigenvalue weighted by molar-refractivity contribution is -0.795. The van der Waals surface area contributed by atoms with Crippen molar-refractivity contribution >= 4 is 23.0 Å². The molecule has 5 heteroatoms. The second-order valence-corrected chi connectivity index (χ2v) is 9.18. The van der Waals surface area contributed by atoms with Gasteiger partial charge in [0, 0.05) is 16.7 Å². The molecule has 2 unspecified atom stereocenters. The first-order chi connectivity index (χ1) is 11.5. The van der Waals surface area contributed by atoms with Gasteiger partial charge < -0.3 is 10.5 Å². The summed E-state index contributed by atoms with van der Waals surface area (Å²) >= 11 is 6.07. The number of phenols is 1. The third-order valence-corrected chi connectivity index (χ3v) is 4.78. The molecule has 0 amide bonds. The molecule has 1 heterocycles. The van der Waals surface area contributed by atoms with Crippen LogP contribution in [0.25, 0.3) is 5.43 Å². The van der Waals surface area contributed by atoms with Crippen LogP contribution in [0.2, 0.25) is 0 Å². The molecule has 0 radical (unpaired) electrons. The second-order valence-electron chi connectivity index (χ2n) is 8.74. The Morgan fingerprint density at radius 1 is 1.12 bits per heavy atom. The number of nitrogens with one attached hydrogen (secondary N) is 1. The number of rotatable bonds is 1. The minimum absolute atomic E-state index is 0.0371. The highest BCUT2D eigenvalue weighted by molar-refractivity contribution is 6.33. The van der Waals surface area contributed by atoms with E-state index < -0.39 is 0 Å². The van der Waals surface area contributed by atoms with E-state index in [-0.39, 0.29) is 22.6 Å². The number of hydrogen-bond donors (Lipinski definition) is 2. The third kappa shape index (κ3) is 3.52. The molecule has 2 atom stereocenters. The molecule has 2 aliphatic rings. The molecular formula is C20H26ClN3O. The minimum atomic E-state index is -0.178. The Hall–Kier alpha value is -1.62. The maximum absolute atomic E-state index is 11.0. The zero-order chi connectivity index (χ0) is 18.6. The summed E-state index contributed by atoms with van der Waals surface area (Å²) < 4.78 is 0. The summed E-state index contributed by atoms with van der Waals surface area (Å²) in [6.45, 7) is 12.8. The van der Waals surface area contributed by atoms with Gasteiger partial charge in [0.25, 0.3) is 0 Å². The van der Waals surface area contributed by atoms with E-state index >= 15 is 0 Å². The van der Waals surface area contributed by atoms with E-state index in [1.165, 1.54) is 0 Å². The largest absolute Gasteiger partial charge is 0.502 e. The lowest BCUT2D eigenvalue weighted by Gasteiger charge is -2.30. The number of nitrogens with zero attached hydrogens (tertiary/aromatic N) is 2. The molecule has 0 aromatic heterocycles. The van der Waals surface area contributed by atoms with Gasteiger partial charge in [-0.3, -0.25) is 0 Å².